The molecule has 2 rings (SSSR count). The van der Waals surface area contributed by atoms with E-state index in [-0.39, 0.29) is 18.5 Å². The van der Waals surface area contributed by atoms with Gasteiger partial charge in [-0.05, 0) is 12.0 Å². The summed E-state index contributed by atoms with van der Waals surface area (Å²) in [5.74, 6) is -0.527. The van der Waals surface area contributed by atoms with Crippen LogP contribution in [0.3, 0.4) is 0 Å². The molecular weight excluding hydrogens is 195 g/mol. The van der Waals surface area contributed by atoms with E-state index in [4.69, 9.17) is 4.74 Å². The van der Waals surface area contributed by atoms with Crippen molar-refractivity contribution in [2.24, 2.45) is 5.92 Å². The predicted molar refractivity (Wildman–Crippen MR) is 54.0 cm³/mol. The maximum Gasteiger partial charge on any atom is 0.302 e. The number of halogens is 1. The highest BCUT2D eigenvalue weighted by molar-refractivity contribution is 5.65. The van der Waals surface area contributed by atoms with Gasteiger partial charge in [0.05, 0.1) is 6.61 Å². The summed E-state index contributed by atoms with van der Waals surface area (Å²) in [5, 5.41) is 0. The van der Waals surface area contributed by atoms with Crippen molar-refractivity contribution in [3.8, 4) is 0 Å². The summed E-state index contributed by atoms with van der Waals surface area (Å²) in [4.78, 5) is 10.6. The highest BCUT2D eigenvalue weighted by atomic mass is 19.1. The van der Waals surface area contributed by atoms with Crippen molar-refractivity contribution in [3.05, 3.63) is 35.9 Å². The van der Waals surface area contributed by atoms with Crippen LogP contribution >= 0.6 is 0 Å². The van der Waals surface area contributed by atoms with Gasteiger partial charge in [0.1, 0.15) is 5.67 Å². The lowest BCUT2D eigenvalue weighted by molar-refractivity contribution is -0.141. The number of alkyl halides is 1. The van der Waals surface area contributed by atoms with Crippen molar-refractivity contribution >= 4 is 5.97 Å². The molecule has 0 spiro atoms. The van der Waals surface area contributed by atoms with Crippen LogP contribution in [0.15, 0.2) is 30.3 Å². The molecule has 0 saturated heterocycles. The molecule has 2 nitrogen and oxygen atoms in total. The van der Waals surface area contributed by atoms with Gasteiger partial charge < -0.3 is 4.74 Å². The minimum absolute atomic E-state index is 0.177. The van der Waals surface area contributed by atoms with E-state index in [1.165, 1.54) is 6.92 Å². The quantitative estimate of drug-likeness (QED) is 0.713. The van der Waals surface area contributed by atoms with Crippen LogP contribution in [0.1, 0.15) is 18.9 Å². The number of rotatable bonds is 3. The average Bonchev–Trinajstić information content (AvgIpc) is 2.90. The second-order valence-corrected chi connectivity index (χ2v) is 3.93. The Bertz CT molecular complexity index is 363. The first kappa shape index (κ1) is 10.1. The fraction of sp³-hybridized carbons (Fsp3) is 0.417. The number of hydrogen-bond acceptors (Lipinski definition) is 2. The third kappa shape index (κ3) is 2.01. The number of benzene rings is 1. The molecule has 1 saturated carbocycles. The van der Waals surface area contributed by atoms with Crippen LogP contribution in [-0.4, -0.2) is 12.6 Å². The standard InChI is InChI=1S/C12H13FO2/c1-9(14)15-8-11-7-12(11,13)10-5-3-2-4-6-10/h2-6,11H,7-8H2,1H3/t11-,12-/m0/s1. The summed E-state index contributed by atoms with van der Waals surface area (Å²) in [5.41, 5.74) is -0.598. The second kappa shape index (κ2) is 3.65. The van der Waals surface area contributed by atoms with E-state index >= 15 is 0 Å². The van der Waals surface area contributed by atoms with Crippen LogP contribution in [0.2, 0.25) is 0 Å². The number of esters is 1. The minimum atomic E-state index is -1.28. The lowest BCUT2D eigenvalue weighted by Crippen LogP contribution is -2.09. The normalized spacial score (nSPS) is 28.5. The largest absolute Gasteiger partial charge is 0.465 e. The number of hydrogen-bond donors (Lipinski definition) is 0. The van der Waals surface area contributed by atoms with Gasteiger partial charge in [0.15, 0.2) is 0 Å². The van der Waals surface area contributed by atoms with Crippen LogP contribution < -0.4 is 0 Å². The van der Waals surface area contributed by atoms with E-state index in [2.05, 4.69) is 0 Å². The smallest absolute Gasteiger partial charge is 0.302 e. The number of carbonyl (C=O) groups is 1. The Kier molecular flexibility index (Phi) is 2.47. The van der Waals surface area contributed by atoms with E-state index in [0.29, 0.717) is 12.0 Å². The first-order valence-electron chi connectivity index (χ1n) is 5.01. The highest BCUT2D eigenvalue weighted by Crippen LogP contribution is 2.55. The average molecular weight is 208 g/mol. The molecule has 15 heavy (non-hydrogen) atoms. The molecule has 1 aromatic carbocycles. The first-order chi connectivity index (χ1) is 7.13. The molecule has 3 heteroatoms. The van der Waals surface area contributed by atoms with Crippen LogP contribution in [0.25, 0.3) is 0 Å². The van der Waals surface area contributed by atoms with Crippen LogP contribution in [0, 0.1) is 5.92 Å². The zero-order valence-corrected chi connectivity index (χ0v) is 8.57. The van der Waals surface area contributed by atoms with Crippen LogP contribution in [0.5, 0.6) is 0 Å². The number of carbonyl (C=O) groups excluding carboxylic acids is 1. The Morgan fingerprint density at radius 1 is 1.53 bits per heavy atom. The predicted octanol–water partition coefficient (Wildman–Crippen LogP) is 2.43. The molecule has 80 valence electrons. The van der Waals surface area contributed by atoms with Crippen molar-refractivity contribution in [1.29, 1.82) is 0 Å². The summed E-state index contributed by atoms with van der Waals surface area (Å²) in [6.45, 7) is 1.52. The van der Waals surface area contributed by atoms with E-state index in [9.17, 15) is 9.18 Å². The molecule has 0 radical (unpaired) electrons. The Morgan fingerprint density at radius 2 is 2.20 bits per heavy atom. The van der Waals surface area contributed by atoms with Crippen molar-refractivity contribution in [2.75, 3.05) is 6.61 Å². The number of ether oxygens (including phenoxy) is 1. The van der Waals surface area contributed by atoms with Crippen LogP contribution in [0.4, 0.5) is 4.39 Å². The summed E-state index contributed by atoms with van der Waals surface area (Å²) in [7, 11) is 0. The van der Waals surface area contributed by atoms with Crippen molar-refractivity contribution < 1.29 is 13.9 Å². The van der Waals surface area contributed by atoms with Gasteiger partial charge in [0.2, 0.25) is 0 Å². The summed E-state index contributed by atoms with van der Waals surface area (Å²) in [6.07, 6.45) is 0.449. The van der Waals surface area contributed by atoms with E-state index < -0.39 is 5.67 Å². The fourth-order valence-electron chi connectivity index (χ4n) is 1.78. The Labute approximate surface area is 88.1 Å². The van der Waals surface area contributed by atoms with Gasteiger partial charge >= 0.3 is 5.97 Å². The van der Waals surface area contributed by atoms with Crippen molar-refractivity contribution in [3.63, 3.8) is 0 Å². The van der Waals surface area contributed by atoms with Gasteiger partial charge in [-0.15, -0.1) is 0 Å². The van der Waals surface area contributed by atoms with Gasteiger partial charge in [-0.2, -0.15) is 0 Å². The van der Waals surface area contributed by atoms with Crippen LogP contribution in [-0.2, 0) is 15.2 Å². The second-order valence-electron chi connectivity index (χ2n) is 3.93. The Balaban J connectivity index is 1.98. The summed E-state index contributed by atoms with van der Waals surface area (Å²) < 4.78 is 19.0. The third-order valence-corrected chi connectivity index (χ3v) is 2.77. The first-order valence-corrected chi connectivity index (χ1v) is 5.01. The highest BCUT2D eigenvalue weighted by Gasteiger charge is 2.57. The molecule has 0 aromatic heterocycles. The maximum absolute atomic E-state index is 14.2. The molecule has 1 fully saturated rings. The molecule has 0 aliphatic heterocycles. The van der Waals surface area contributed by atoms with Gasteiger partial charge in [0.25, 0.3) is 0 Å². The van der Waals surface area contributed by atoms with E-state index in [0.717, 1.165) is 0 Å². The van der Waals surface area contributed by atoms with Crippen molar-refractivity contribution in [1.82, 2.24) is 0 Å². The van der Waals surface area contributed by atoms with E-state index in [1.54, 1.807) is 12.1 Å². The van der Waals surface area contributed by atoms with Gasteiger partial charge in [-0.1, -0.05) is 30.3 Å². The molecule has 1 aliphatic carbocycles. The topological polar surface area (TPSA) is 26.3 Å². The molecule has 0 N–H and O–H groups in total. The molecule has 0 bridgehead atoms. The lowest BCUT2D eigenvalue weighted by Gasteiger charge is -2.07. The summed E-state index contributed by atoms with van der Waals surface area (Å²) >= 11 is 0. The lowest BCUT2D eigenvalue weighted by atomic mass is 10.1. The molecule has 0 heterocycles. The van der Waals surface area contributed by atoms with Gasteiger partial charge in [0, 0.05) is 12.8 Å². The monoisotopic (exact) mass is 208 g/mol. The zero-order valence-electron chi connectivity index (χ0n) is 8.57. The molecule has 0 unspecified atom stereocenters. The Morgan fingerprint density at radius 3 is 2.80 bits per heavy atom. The van der Waals surface area contributed by atoms with E-state index in [1.807, 2.05) is 18.2 Å². The summed E-state index contributed by atoms with van der Waals surface area (Å²) in [6, 6.07) is 9.04. The minimum Gasteiger partial charge on any atom is -0.465 e. The molecular formula is C12H13FO2. The fourth-order valence-corrected chi connectivity index (χ4v) is 1.78. The SMILES string of the molecule is CC(=O)OC[C@@H]1C[C@]1(F)c1ccccc1. The zero-order chi connectivity index (χ0) is 10.9. The molecule has 1 aromatic rings. The molecule has 1 aliphatic rings. The van der Waals surface area contributed by atoms with Gasteiger partial charge in [-0.3, -0.25) is 4.79 Å². The Hall–Kier alpha value is -1.38. The molecule has 0 amide bonds. The van der Waals surface area contributed by atoms with Crippen molar-refractivity contribution in [2.45, 2.75) is 19.0 Å². The molecule has 2 atom stereocenters. The van der Waals surface area contributed by atoms with Gasteiger partial charge in [-0.25, -0.2) is 4.39 Å². The maximum atomic E-state index is 14.2. The third-order valence-electron chi connectivity index (χ3n) is 2.77.